The number of nitrogens with one attached hydrogen (secondary N) is 1. The molecule has 1 saturated carbocycles. The summed E-state index contributed by atoms with van der Waals surface area (Å²) in [5.74, 6) is 1.01. The van der Waals surface area contributed by atoms with Gasteiger partial charge in [-0.2, -0.15) is 0 Å². The van der Waals surface area contributed by atoms with Gasteiger partial charge in [0, 0.05) is 11.8 Å². The van der Waals surface area contributed by atoms with Gasteiger partial charge in [-0.1, -0.05) is 31.4 Å². The summed E-state index contributed by atoms with van der Waals surface area (Å²) < 4.78 is 13.0. The molecule has 0 heterocycles. The lowest BCUT2D eigenvalue weighted by Gasteiger charge is -2.22. The number of carbonyl (C=O) groups excluding carboxylic acids is 1. The van der Waals surface area contributed by atoms with Gasteiger partial charge in [-0.25, -0.2) is 4.39 Å². The number of rotatable bonds is 5. The number of carbonyl (C=O) groups is 1. The van der Waals surface area contributed by atoms with E-state index in [0.717, 1.165) is 18.4 Å². The number of amides is 1. The van der Waals surface area contributed by atoms with Crippen LogP contribution >= 0.6 is 11.8 Å². The Kier molecular flexibility index (Phi) is 5.70. The van der Waals surface area contributed by atoms with Crippen molar-refractivity contribution >= 4 is 17.7 Å². The second-order valence-electron chi connectivity index (χ2n) is 5.03. The monoisotopic (exact) mass is 281 g/mol. The molecule has 0 aromatic heterocycles. The van der Waals surface area contributed by atoms with E-state index in [1.54, 1.807) is 6.07 Å². The molecule has 4 heteroatoms. The smallest absolute Gasteiger partial charge is 0.230 e. The van der Waals surface area contributed by atoms with E-state index >= 15 is 0 Å². The van der Waals surface area contributed by atoms with E-state index in [1.165, 1.54) is 43.2 Å². The van der Waals surface area contributed by atoms with Gasteiger partial charge in [-0.05, 0) is 30.5 Å². The summed E-state index contributed by atoms with van der Waals surface area (Å²) >= 11 is 1.53. The maximum atomic E-state index is 13.0. The second-order valence-corrected chi connectivity index (χ2v) is 6.01. The maximum absolute atomic E-state index is 13.0. The van der Waals surface area contributed by atoms with Crippen molar-refractivity contribution in [3.05, 3.63) is 35.6 Å². The molecule has 0 radical (unpaired) electrons. The Bertz CT molecular complexity index is 418. The highest BCUT2D eigenvalue weighted by Crippen LogP contribution is 2.18. The second kappa shape index (κ2) is 7.53. The molecule has 1 aromatic rings. The van der Waals surface area contributed by atoms with Gasteiger partial charge in [-0.15, -0.1) is 11.8 Å². The van der Waals surface area contributed by atoms with Crippen molar-refractivity contribution in [2.75, 3.05) is 5.75 Å². The molecule has 1 fully saturated rings. The molecular formula is C15H20FNOS. The van der Waals surface area contributed by atoms with E-state index in [0.29, 0.717) is 17.5 Å². The van der Waals surface area contributed by atoms with Crippen molar-refractivity contribution < 1.29 is 9.18 Å². The molecule has 1 aromatic carbocycles. The fourth-order valence-electron chi connectivity index (χ4n) is 2.40. The minimum absolute atomic E-state index is 0.105. The SMILES string of the molecule is O=C(CSCc1cccc(F)c1)NC1CCCCC1. The van der Waals surface area contributed by atoms with E-state index in [2.05, 4.69) is 5.32 Å². The number of halogens is 1. The zero-order valence-corrected chi connectivity index (χ0v) is 11.8. The molecule has 1 aliphatic carbocycles. The molecule has 2 nitrogen and oxygen atoms in total. The van der Waals surface area contributed by atoms with Gasteiger partial charge in [0.2, 0.25) is 5.91 Å². The highest BCUT2D eigenvalue weighted by Gasteiger charge is 2.15. The molecule has 0 saturated heterocycles. The summed E-state index contributed by atoms with van der Waals surface area (Å²) in [6.07, 6.45) is 5.96. The molecule has 2 rings (SSSR count). The van der Waals surface area contributed by atoms with E-state index in [4.69, 9.17) is 0 Å². The fraction of sp³-hybridized carbons (Fsp3) is 0.533. The van der Waals surface area contributed by atoms with Crippen LogP contribution in [0.2, 0.25) is 0 Å². The van der Waals surface area contributed by atoms with Crippen LogP contribution in [0.15, 0.2) is 24.3 Å². The first-order chi connectivity index (χ1) is 9.24. The standard InChI is InChI=1S/C15H20FNOS/c16-13-6-4-5-12(9-13)10-19-11-15(18)17-14-7-2-1-3-8-14/h4-6,9,14H,1-3,7-8,10-11H2,(H,17,18). The molecule has 1 N–H and O–H groups in total. The lowest BCUT2D eigenvalue weighted by molar-refractivity contribution is -0.119. The van der Waals surface area contributed by atoms with Crippen LogP contribution in [0.3, 0.4) is 0 Å². The summed E-state index contributed by atoms with van der Waals surface area (Å²) in [5.41, 5.74) is 0.926. The Balaban J connectivity index is 1.66. The Morgan fingerprint density at radius 1 is 1.32 bits per heavy atom. The predicted octanol–water partition coefficient (Wildman–Crippen LogP) is 3.51. The highest BCUT2D eigenvalue weighted by atomic mass is 32.2. The normalized spacial score (nSPS) is 16.3. The Morgan fingerprint density at radius 2 is 2.11 bits per heavy atom. The molecule has 0 unspecified atom stereocenters. The largest absolute Gasteiger partial charge is 0.353 e. The van der Waals surface area contributed by atoms with Gasteiger partial charge in [0.05, 0.1) is 5.75 Å². The fourth-order valence-corrected chi connectivity index (χ4v) is 3.19. The first-order valence-corrected chi connectivity index (χ1v) is 8.01. The maximum Gasteiger partial charge on any atom is 0.230 e. The van der Waals surface area contributed by atoms with Crippen LogP contribution in [0.4, 0.5) is 4.39 Å². The molecule has 1 amide bonds. The zero-order valence-electron chi connectivity index (χ0n) is 11.0. The summed E-state index contributed by atoms with van der Waals surface area (Å²) in [7, 11) is 0. The minimum atomic E-state index is -0.218. The number of thioether (sulfide) groups is 1. The molecule has 0 bridgehead atoms. The van der Waals surface area contributed by atoms with Crippen LogP contribution in [-0.2, 0) is 10.5 Å². The Labute approximate surface area is 118 Å². The summed E-state index contributed by atoms with van der Waals surface area (Å²) in [6, 6.07) is 6.91. The first-order valence-electron chi connectivity index (χ1n) is 6.85. The van der Waals surface area contributed by atoms with Crippen molar-refractivity contribution in [2.24, 2.45) is 0 Å². The molecular weight excluding hydrogens is 261 g/mol. The van der Waals surface area contributed by atoms with E-state index in [1.807, 2.05) is 6.07 Å². The van der Waals surface area contributed by atoms with Crippen molar-refractivity contribution in [2.45, 2.75) is 43.9 Å². The number of hydrogen-bond donors (Lipinski definition) is 1. The van der Waals surface area contributed by atoms with Gasteiger partial charge < -0.3 is 5.32 Å². The average Bonchev–Trinajstić information content (AvgIpc) is 2.40. The average molecular weight is 281 g/mol. The number of hydrogen-bond acceptors (Lipinski definition) is 2. The summed E-state index contributed by atoms with van der Waals surface area (Å²) in [6.45, 7) is 0. The quantitative estimate of drug-likeness (QED) is 0.895. The third-order valence-corrected chi connectivity index (χ3v) is 4.36. The van der Waals surface area contributed by atoms with Crippen molar-refractivity contribution in [1.29, 1.82) is 0 Å². The first kappa shape index (κ1) is 14.4. The van der Waals surface area contributed by atoms with Crippen LogP contribution in [0.25, 0.3) is 0 Å². The Morgan fingerprint density at radius 3 is 2.84 bits per heavy atom. The topological polar surface area (TPSA) is 29.1 Å². The summed E-state index contributed by atoms with van der Waals surface area (Å²) in [4.78, 5) is 11.8. The molecule has 0 atom stereocenters. The molecule has 0 aliphatic heterocycles. The lowest BCUT2D eigenvalue weighted by Crippen LogP contribution is -2.37. The van der Waals surface area contributed by atoms with Crippen LogP contribution < -0.4 is 5.32 Å². The predicted molar refractivity (Wildman–Crippen MR) is 77.6 cm³/mol. The zero-order chi connectivity index (χ0) is 13.5. The van der Waals surface area contributed by atoms with Crippen molar-refractivity contribution in [3.8, 4) is 0 Å². The van der Waals surface area contributed by atoms with Gasteiger partial charge in [0.15, 0.2) is 0 Å². The van der Waals surface area contributed by atoms with Crippen LogP contribution in [0.5, 0.6) is 0 Å². The van der Waals surface area contributed by atoms with Gasteiger partial charge in [-0.3, -0.25) is 4.79 Å². The van der Waals surface area contributed by atoms with Gasteiger partial charge in [0.25, 0.3) is 0 Å². The van der Waals surface area contributed by atoms with Gasteiger partial charge in [0.1, 0.15) is 5.82 Å². The van der Waals surface area contributed by atoms with Crippen LogP contribution in [-0.4, -0.2) is 17.7 Å². The van der Waals surface area contributed by atoms with Crippen molar-refractivity contribution in [3.63, 3.8) is 0 Å². The Hall–Kier alpha value is -1.03. The van der Waals surface area contributed by atoms with E-state index in [-0.39, 0.29) is 11.7 Å². The van der Waals surface area contributed by atoms with Crippen LogP contribution in [0.1, 0.15) is 37.7 Å². The number of benzene rings is 1. The third kappa shape index (κ3) is 5.23. The van der Waals surface area contributed by atoms with Crippen LogP contribution in [0, 0.1) is 5.82 Å². The molecule has 19 heavy (non-hydrogen) atoms. The van der Waals surface area contributed by atoms with Crippen molar-refractivity contribution in [1.82, 2.24) is 5.32 Å². The van der Waals surface area contributed by atoms with E-state index < -0.39 is 0 Å². The lowest BCUT2D eigenvalue weighted by atomic mass is 9.95. The highest BCUT2D eigenvalue weighted by molar-refractivity contribution is 7.99. The molecule has 1 aliphatic rings. The molecule has 104 valence electrons. The molecule has 0 spiro atoms. The van der Waals surface area contributed by atoms with E-state index in [9.17, 15) is 9.18 Å². The third-order valence-electron chi connectivity index (χ3n) is 3.36. The minimum Gasteiger partial charge on any atom is -0.353 e. The summed E-state index contributed by atoms with van der Waals surface area (Å²) in [5, 5.41) is 3.08. The van der Waals surface area contributed by atoms with Gasteiger partial charge >= 0.3 is 0 Å².